The molecule has 0 fully saturated rings. The summed E-state index contributed by atoms with van der Waals surface area (Å²) in [5, 5.41) is 31.8. The zero-order valence-electron chi connectivity index (χ0n) is 6.94. The van der Waals surface area contributed by atoms with Gasteiger partial charge in [-0.15, -0.1) is 0 Å². The van der Waals surface area contributed by atoms with Gasteiger partial charge in [0.25, 0.3) is 0 Å². The molecule has 0 heterocycles. The van der Waals surface area contributed by atoms with Crippen molar-refractivity contribution in [2.24, 2.45) is 63.3 Å². The SMILES string of the molecule is [2H]N=N/N=N/N=N/N=N/N=N/N=N/N. The van der Waals surface area contributed by atoms with E-state index in [1.165, 1.54) is 0 Å². The third-order valence-electron chi connectivity index (χ3n) is 0.412. The van der Waals surface area contributed by atoms with Gasteiger partial charge in [0.05, 0.1) is 0 Å². The predicted octanol–water partition coefficient (Wildman–Crippen LogP) is 1.73. The fourth-order valence-corrected chi connectivity index (χ4v) is 0.166. The van der Waals surface area contributed by atoms with E-state index in [-0.39, 0.29) is 0 Å². The lowest BCUT2D eigenvalue weighted by atomic mass is 12.3. The zero-order valence-corrected chi connectivity index (χ0v) is 5.94. The summed E-state index contributed by atoms with van der Waals surface area (Å²) < 4.78 is 6.15. The van der Waals surface area contributed by atoms with Crippen molar-refractivity contribution in [3.05, 3.63) is 0 Å². The van der Waals surface area contributed by atoms with Gasteiger partial charge in [-0.1, -0.05) is 5.22 Å². The van der Waals surface area contributed by atoms with Crippen LogP contribution in [0.4, 0.5) is 0 Å². The highest BCUT2D eigenvalue weighted by atomic mass is 15.7. The Morgan fingerprint density at radius 2 is 1.23 bits per heavy atom. The van der Waals surface area contributed by atoms with Crippen LogP contribution in [-0.4, -0.2) is 0 Å². The van der Waals surface area contributed by atoms with E-state index in [0.717, 1.165) is 0 Å². The Balaban J connectivity index is 3.70. The van der Waals surface area contributed by atoms with Gasteiger partial charge >= 0.3 is 0 Å². The van der Waals surface area contributed by atoms with Crippen LogP contribution in [0.1, 0.15) is 0 Å². The molecule has 0 aliphatic carbocycles. The van der Waals surface area contributed by atoms with Crippen molar-refractivity contribution in [1.29, 1.82) is 5.52 Å². The number of nitrogens with one attached hydrogen (secondary N) is 1. The summed E-state index contributed by atoms with van der Waals surface area (Å²) in [7, 11) is 0. The topological polar surface area (TPSA) is 186 Å². The molecule has 13 nitrogen and oxygen atoms in total. The summed E-state index contributed by atoms with van der Waals surface area (Å²) >= 11 is 0. The molecule has 0 spiro atoms. The summed E-state index contributed by atoms with van der Waals surface area (Å²) in [5.74, 6) is 4.57. The second-order valence-electron chi connectivity index (χ2n) is 1.01. The standard InChI is InChI=1S/H3N13/c1-3-5-7-9-11-13-12-10-8-6-4-2/h(H3,1,2,5,6,9,10,13)/i/hD. The zero-order chi connectivity index (χ0) is 10.5. The molecule has 13 heteroatoms. The van der Waals surface area contributed by atoms with E-state index in [4.69, 9.17) is 1.41 Å². The predicted molar refractivity (Wildman–Crippen MR) is 33.6 cm³/mol. The summed E-state index contributed by atoms with van der Waals surface area (Å²) in [6.07, 6.45) is 0. The number of hydrogen-bond donors (Lipinski definition) is 2. The van der Waals surface area contributed by atoms with Crippen LogP contribution in [0.25, 0.3) is 0 Å². The monoisotopic (exact) mass is 186 g/mol. The van der Waals surface area contributed by atoms with Crippen LogP contribution >= 0.6 is 0 Å². The minimum Gasteiger partial charge on any atom is -0.303 e. The van der Waals surface area contributed by atoms with Crippen LogP contribution < -0.4 is 5.84 Å². The lowest BCUT2D eigenvalue weighted by Gasteiger charge is -1.67. The average Bonchev–Trinajstić information content (AvgIpc) is 2.21. The highest BCUT2D eigenvalue weighted by Gasteiger charge is 1.67. The van der Waals surface area contributed by atoms with Crippen LogP contribution in [0.3, 0.4) is 0 Å². The Labute approximate surface area is 71.5 Å². The van der Waals surface area contributed by atoms with Crippen molar-refractivity contribution in [3.8, 4) is 0 Å². The number of nitrogens with zero attached hydrogens (tertiary/aromatic N) is 11. The summed E-state index contributed by atoms with van der Waals surface area (Å²) in [6, 6.07) is 0. The molecule has 0 aliphatic heterocycles. The third-order valence-corrected chi connectivity index (χ3v) is 0.412. The molecule has 0 aromatic rings. The Morgan fingerprint density at radius 3 is 1.69 bits per heavy atom. The van der Waals surface area contributed by atoms with Crippen molar-refractivity contribution >= 4 is 0 Å². The van der Waals surface area contributed by atoms with E-state index >= 15 is 0 Å². The van der Waals surface area contributed by atoms with Gasteiger partial charge in [0, 0.05) is 0 Å². The molecule has 0 rings (SSSR count). The van der Waals surface area contributed by atoms with Crippen LogP contribution in [0, 0.1) is 5.52 Å². The largest absolute Gasteiger partial charge is 0.303 e. The van der Waals surface area contributed by atoms with Crippen molar-refractivity contribution < 1.29 is 1.41 Å². The Morgan fingerprint density at radius 1 is 0.769 bits per heavy atom. The summed E-state index contributed by atoms with van der Waals surface area (Å²) in [6.45, 7) is 0. The van der Waals surface area contributed by atoms with Gasteiger partial charge in [-0.3, -0.25) is 0 Å². The van der Waals surface area contributed by atoms with Crippen molar-refractivity contribution in [2.45, 2.75) is 0 Å². The quantitative estimate of drug-likeness (QED) is 0.369. The fourth-order valence-electron chi connectivity index (χ4n) is 0.166. The minimum absolute atomic E-state index is 2.49. The van der Waals surface area contributed by atoms with E-state index < -0.39 is 0 Å². The molecule has 0 aromatic carbocycles. The first kappa shape index (κ1) is 8.50. The van der Waals surface area contributed by atoms with E-state index in [0.29, 0.717) is 0 Å². The smallest absolute Gasteiger partial charge is 0.216 e. The molecule has 3 N–H and O–H groups in total. The molecule has 0 saturated heterocycles. The molecule has 0 saturated carbocycles. The first-order chi connectivity index (χ1) is 6.91. The van der Waals surface area contributed by atoms with Crippen molar-refractivity contribution in [2.75, 3.05) is 0 Å². The van der Waals surface area contributed by atoms with Gasteiger partial charge in [-0.05, 0) is 52.2 Å². The lowest BCUT2D eigenvalue weighted by molar-refractivity contribution is 0.754. The Hall–Kier alpha value is -2.60. The van der Waals surface area contributed by atoms with Crippen LogP contribution in [-0.2, 0) is 0 Å². The normalized spacial score (nSPS) is 15.2. The first-order valence-corrected chi connectivity index (χ1v) is 2.46. The van der Waals surface area contributed by atoms with E-state index in [9.17, 15) is 0 Å². The van der Waals surface area contributed by atoms with Crippen LogP contribution in [0.2, 0.25) is 1.41 Å². The summed E-state index contributed by atoms with van der Waals surface area (Å²) in [4.78, 5) is 0. The van der Waals surface area contributed by atoms with Gasteiger partial charge in [0.2, 0.25) is 1.41 Å². The van der Waals surface area contributed by atoms with Crippen molar-refractivity contribution in [1.82, 2.24) is 0 Å². The van der Waals surface area contributed by atoms with Gasteiger partial charge in [0.15, 0.2) is 0 Å². The molecule has 0 unspecified atom stereocenters. The van der Waals surface area contributed by atoms with Crippen LogP contribution in [0.15, 0.2) is 57.5 Å². The molecule has 0 amide bonds. The Bertz CT molecular complexity index is 246. The first-order valence-electron chi connectivity index (χ1n) is 2.91. The number of rotatable bonds is 5. The van der Waals surface area contributed by atoms with Gasteiger partial charge in [-0.25, -0.2) is 0 Å². The van der Waals surface area contributed by atoms with Gasteiger partial charge in [-0.2, -0.15) is 5.52 Å². The maximum absolute atomic E-state index is 6.15. The highest BCUT2D eigenvalue weighted by Crippen LogP contribution is 1.85. The molecule has 0 aromatic heterocycles. The summed E-state index contributed by atoms with van der Waals surface area (Å²) in [5.41, 5.74) is 2.49. The highest BCUT2D eigenvalue weighted by molar-refractivity contribution is 4.10. The van der Waals surface area contributed by atoms with E-state index in [1.807, 2.05) is 0 Å². The molecule has 0 atom stereocenters. The van der Waals surface area contributed by atoms with E-state index in [2.05, 4.69) is 68.8 Å². The third kappa shape index (κ3) is 9.40. The number of nitrogens with two attached hydrogens (primary N) is 1. The van der Waals surface area contributed by atoms with Gasteiger partial charge < -0.3 is 5.84 Å². The second-order valence-corrected chi connectivity index (χ2v) is 1.01. The van der Waals surface area contributed by atoms with Crippen molar-refractivity contribution in [3.63, 3.8) is 0 Å². The molecular weight excluding hydrogens is 182 g/mol. The maximum Gasteiger partial charge on any atom is 0.216 e. The number of hydrogen-bond acceptors (Lipinski definition) is 2. The molecule has 13 heavy (non-hydrogen) atoms. The van der Waals surface area contributed by atoms with E-state index in [1.54, 1.807) is 0 Å². The average molecular weight is 186 g/mol. The second kappa shape index (κ2) is 9.40. The molecule has 0 bridgehead atoms. The molecular formula is H3N13. The maximum atomic E-state index is 6.15. The Kier molecular flexibility index (Phi) is 6.14. The molecule has 68 valence electrons. The minimum atomic E-state index is 2.49. The lowest BCUT2D eigenvalue weighted by Crippen LogP contribution is -1.70. The van der Waals surface area contributed by atoms with Gasteiger partial charge in [0.1, 0.15) is 0 Å². The van der Waals surface area contributed by atoms with Crippen LogP contribution in [0.5, 0.6) is 0 Å². The fraction of sp³-hybridized carbons (Fsp3) is 0. The molecule has 0 radical (unpaired) electrons. The molecule has 0 aliphatic rings.